The molecule has 0 radical (unpaired) electrons. The summed E-state index contributed by atoms with van der Waals surface area (Å²) >= 11 is 10.1. The molecule has 0 spiro atoms. The van der Waals surface area contributed by atoms with E-state index in [4.69, 9.17) is 5.11 Å². The number of anilines is 1. The Morgan fingerprint density at radius 2 is 1.81 bits per heavy atom. The lowest BCUT2D eigenvalue weighted by atomic mass is 10.2. The number of carboxylic acids is 1. The van der Waals surface area contributed by atoms with Crippen LogP contribution in [0.5, 0.6) is 0 Å². The van der Waals surface area contributed by atoms with Crippen molar-refractivity contribution >= 4 is 65.5 Å². The fourth-order valence-electron chi connectivity index (χ4n) is 1.63. The minimum Gasteiger partial charge on any atom is -0.480 e. The van der Waals surface area contributed by atoms with Gasteiger partial charge in [-0.15, -0.1) is 0 Å². The lowest BCUT2D eigenvalue weighted by Gasteiger charge is -2.27. The summed E-state index contributed by atoms with van der Waals surface area (Å²) in [6, 6.07) is 2.97. The molecule has 5 nitrogen and oxygen atoms in total. The summed E-state index contributed by atoms with van der Waals surface area (Å²) in [5.41, 5.74) is 0.557. The fourth-order valence-corrected chi connectivity index (χ4v) is 4.09. The van der Waals surface area contributed by atoms with Crippen molar-refractivity contribution in [2.45, 2.75) is 26.3 Å². The lowest BCUT2D eigenvalue weighted by molar-refractivity contribution is -0.138. The summed E-state index contributed by atoms with van der Waals surface area (Å²) < 4.78 is 2.23. The summed E-state index contributed by atoms with van der Waals surface area (Å²) in [7, 11) is 0. The molecule has 0 heterocycles. The summed E-state index contributed by atoms with van der Waals surface area (Å²) in [5.74, 6) is -1.04. The van der Waals surface area contributed by atoms with Crippen LogP contribution >= 0.6 is 47.8 Å². The van der Waals surface area contributed by atoms with Crippen molar-refractivity contribution in [2.75, 3.05) is 11.9 Å². The number of carbonyl (C=O) groups excluding carboxylic acids is 1. The first-order valence-electron chi connectivity index (χ1n) is 6.20. The number of hydrogen-bond acceptors (Lipinski definition) is 2. The fraction of sp³-hybridized carbons (Fsp3) is 0.385. The van der Waals surface area contributed by atoms with Crippen LogP contribution in [0.2, 0.25) is 0 Å². The van der Waals surface area contributed by atoms with Gasteiger partial charge in [-0.3, -0.25) is 4.79 Å². The van der Waals surface area contributed by atoms with Crippen LogP contribution in [-0.4, -0.2) is 34.6 Å². The molecule has 1 aromatic carbocycles. The monoisotopic (exact) mass is 484 g/mol. The van der Waals surface area contributed by atoms with Crippen LogP contribution in [0.25, 0.3) is 0 Å². The van der Waals surface area contributed by atoms with E-state index in [0.29, 0.717) is 21.1 Å². The van der Waals surface area contributed by atoms with E-state index in [1.807, 2.05) is 13.8 Å². The van der Waals surface area contributed by atoms with Crippen LogP contribution in [0.15, 0.2) is 25.6 Å². The Labute approximate surface area is 148 Å². The predicted octanol–water partition coefficient (Wildman–Crippen LogP) is 4.69. The third-order valence-electron chi connectivity index (χ3n) is 2.93. The van der Waals surface area contributed by atoms with Crippen molar-refractivity contribution in [1.29, 1.82) is 0 Å². The Bertz CT molecular complexity index is 528. The Balaban J connectivity index is 2.99. The number of hydrogen-bond donors (Lipinski definition) is 2. The number of halogens is 3. The molecule has 21 heavy (non-hydrogen) atoms. The highest BCUT2D eigenvalue weighted by molar-refractivity contribution is 9.11. The van der Waals surface area contributed by atoms with Crippen LogP contribution in [0, 0.1) is 0 Å². The van der Waals surface area contributed by atoms with Gasteiger partial charge in [0.25, 0.3) is 0 Å². The molecule has 0 fully saturated rings. The Morgan fingerprint density at radius 1 is 1.29 bits per heavy atom. The molecule has 0 aliphatic heterocycles. The first-order valence-corrected chi connectivity index (χ1v) is 8.58. The van der Waals surface area contributed by atoms with Crippen LogP contribution in [0.3, 0.4) is 0 Å². The zero-order valence-electron chi connectivity index (χ0n) is 11.5. The van der Waals surface area contributed by atoms with Crippen molar-refractivity contribution < 1.29 is 14.7 Å². The van der Waals surface area contributed by atoms with Gasteiger partial charge in [-0.2, -0.15) is 0 Å². The number of urea groups is 1. The molecule has 8 heteroatoms. The topological polar surface area (TPSA) is 69.6 Å². The second-order valence-electron chi connectivity index (χ2n) is 4.45. The molecule has 1 atom stereocenters. The van der Waals surface area contributed by atoms with Crippen molar-refractivity contribution in [3.63, 3.8) is 0 Å². The van der Waals surface area contributed by atoms with Gasteiger partial charge in [0.15, 0.2) is 0 Å². The highest BCUT2D eigenvalue weighted by Gasteiger charge is 2.23. The van der Waals surface area contributed by atoms with E-state index in [1.54, 1.807) is 12.1 Å². The van der Waals surface area contributed by atoms with Gasteiger partial charge in [0.1, 0.15) is 6.54 Å². The van der Waals surface area contributed by atoms with E-state index in [-0.39, 0.29) is 12.6 Å². The van der Waals surface area contributed by atoms with E-state index < -0.39 is 12.0 Å². The van der Waals surface area contributed by atoms with Gasteiger partial charge in [-0.1, -0.05) is 22.9 Å². The lowest BCUT2D eigenvalue weighted by Crippen LogP contribution is -2.44. The smallest absolute Gasteiger partial charge is 0.323 e. The van der Waals surface area contributed by atoms with Crippen molar-refractivity contribution in [1.82, 2.24) is 4.90 Å². The third kappa shape index (κ3) is 5.27. The van der Waals surface area contributed by atoms with E-state index in [9.17, 15) is 9.59 Å². The predicted molar refractivity (Wildman–Crippen MR) is 92.7 cm³/mol. The molecular formula is C13H15Br3N2O3. The second kappa shape index (κ2) is 8.14. The maximum atomic E-state index is 12.3. The first kappa shape index (κ1) is 18.4. The van der Waals surface area contributed by atoms with E-state index in [2.05, 4.69) is 53.1 Å². The molecule has 0 bridgehead atoms. The van der Waals surface area contributed by atoms with Crippen LogP contribution in [-0.2, 0) is 4.79 Å². The van der Waals surface area contributed by atoms with E-state index >= 15 is 0 Å². The Hall–Kier alpha value is -0.600. The third-order valence-corrected chi connectivity index (χ3v) is 4.64. The van der Waals surface area contributed by atoms with Gasteiger partial charge in [0.2, 0.25) is 0 Å². The average Bonchev–Trinajstić information content (AvgIpc) is 2.38. The molecular weight excluding hydrogens is 472 g/mol. The van der Waals surface area contributed by atoms with E-state index in [1.165, 1.54) is 4.90 Å². The first-order chi connectivity index (χ1) is 9.76. The van der Waals surface area contributed by atoms with Gasteiger partial charge in [-0.05, 0) is 57.3 Å². The minimum atomic E-state index is -1.04. The molecule has 1 unspecified atom stereocenters. The number of rotatable bonds is 5. The molecule has 1 rings (SSSR count). The maximum absolute atomic E-state index is 12.3. The largest absolute Gasteiger partial charge is 0.480 e. The van der Waals surface area contributed by atoms with Crippen molar-refractivity contribution in [2.24, 2.45) is 0 Å². The number of carboxylic acid groups (broad SMARTS) is 1. The minimum absolute atomic E-state index is 0.172. The second-order valence-corrected chi connectivity index (χ2v) is 7.08. The Morgan fingerprint density at radius 3 is 2.24 bits per heavy atom. The molecule has 0 saturated heterocycles. The number of carbonyl (C=O) groups is 2. The van der Waals surface area contributed by atoms with Crippen molar-refractivity contribution in [3.8, 4) is 0 Å². The van der Waals surface area contributed by atoms with Crippen molar-refractivity contribution in [3.05, 3.63) is 25.6 Å². The molecule has 0 saturated carbocycles. The van der Waals surface area contributed by atoms with E-state index in [0.717, 1.165) is 4.47 Å². The van der Waals surface area contributed by atoms with Gasteiger partial charge >= 0.3 is 12.0 Å². The number of benzene rings is 1. The molecule has 1 aromatic rings. The summed E-state index contributed by atoms with van der Waals surface area (Å²) in [5, 5.41) is 11.7. The molecule has 2 amide bonds. The zero-order chi connectivity index (χ0) is 16.2. The number of aliphatic carboxylic acids is 1. The summed E-state index contributed by atoms with van der Waals surface area (Å²) in [4.78, 5) is 24.5. The van der Waals surface area contributed by atoms with Gasteiger partial charge in [-0.25, -0.2) is 4.79 Å². The standard InChI is InChI=1S/C13H15Br3N2O3/c1-3-7(2)18(6-11(19)20)13(21)17-12-9(15)4-8(14)5-10(12)16/h4-5,7H,3,6H2,1-2H3,(H,17,21)(H,19,20). The number of nitrogens with one attached hydrogen (secondary N) is 1. The molecule has 0 aliphatic rings. The quantitative estimate of drug-likeness (QED) is 0.634. The highest BCUT2D eigenvalue weighted by Crippen LogP contribution is 2.34. The summed E-state index contributed by atoms with van der Waals surface area (Å²) in [6.07, 6.45) is 0.670. The van der Waals surface area contributed by atoms with Crippen LogP contribution in [0.1, 0.15) is 20.3 Å². The van der Waals surface area contributed by atoms with Crippen LogP contribution < -0.4 is 5.32 Å². The number of amides is 2. The SMILES string of the molecule is CCC(C)N(CC(=O)O)C(=O)Nc1c(Br)cc(Br)cc1Br. The normalized spacial score (nSPS) is 11.9. The summed E-state index contributed by atoms with van der Waals surface area (Å²) in [6.45, 7) is 3.37. The number of nitrogens with zero attached hydrogens (tertiary/aromatic N) is 1. The molecule has 116 valence electrons. The van der Waals surface area contributed by atoms with Gasteiger partial charge in [0, 0.05) is 19.5 Å². The van der Waals surface area contributed by atoms with Gasteiger partial charge in [0.05, 0.1) is 5.69 Å². The zero-order valence-corrected chi connectivity index (χ0v) is 16.2. The molecule has 0 aromatic heterocycles. The van der Waals surface area contributed by atoms with Crippen LogP contribution in [0.4, 0.5) is 10.5 Å². The Kier molecular flexibility index (Phi) is 7.15. The highest BCUT2D eigenvalue weighted by atomic mass is 79.9. The van der Waals surface area contributed by atoms with Gasteiger partial charge < -0.3 is 15.3 Å². The molecule has 0 aliphatic carbocycles. The molecule has 2 N–H and O–H groups in total. The maximum Gasteiger partial charge on any atom is 0.323 e. The average molecular weight is 487 g/mol.